The summed E-state index contributed by atoms with van der Waals surface area (Å²) in [6.07, 6.45) is 0.743. The van der Waals surface area contributed by atoms with E-state index in [1.54, 1.807) is 0 Å². The largest absolute Gasteiger partial charge is 0.493 e. The average Bonchev–Trinajstić information content (AvgIpc) is 3.27. The second-order valence-electron chi connectivity index (χ2n) is 6.98. The Morgan fingerprint density at radius 2 is 1.81 bits per heavy atom. The summed E-state index contributed by atoms with van der Waals surface area (Å²) in [6.45, 7) is 0.111. The van der Waals surface area contributed by atoms with Crippen molar-refractivity contribution in [2.45, 2.75) is 25.5 Å². The quantitative estimate of drug-likeness (QED) is 0.475. The molecule has 0 saturated carbocycles. The minimum atomic E-state index is -1.17. The van der Waals surface area contributed by atoms with Gasteiger partial charge in [-0.25, -0.2) is 4.79 Å². The molecule has 0 bridgehead atoms. The number of likely N-dealkylation sites (tertiary alicyclic amines) is 1. The van der Waals surface area contributed by atoms with Crippen LogP contribution in [0.4, 0.5) is 11.4 Å². The number of hydrogen-bond donors (Lipinski definition) is 1. The Labute approximate surface area is 181 Å². The molecule has 2 aromatic carbocycles. The Morgan fingerprint density at radius 3 is 2.38 bits per heavy atom. The maximum Gasteiger partial charge on any atom is 0.326 e. The van der Waals surface area contributed by atoms with Gasteiger partial charge in [0.2, 0.25) is 0 Å². The van der Waals surface area contributed by atoms with Gasteiger partial charge < -0.3 is 19.5 Å². The molecule has 1 saturated heterocycles. The fourth-order valence-electron chi connectivity index (χ4n) is 3.44. The van der Waals surface area contributed by atoms with Gasteiger partial charge in [-0.15, -0.1) is 0 Å². The first-order chi connectivity index (χ1) is 15.2. The first-order valence-electron chi connectivity index (χ1n) is 9.49. The van der Waals surface area contributed by atoms with E-state index >= 15 is 0 Å². The summed E-state index contributed by atoms with van der Waals surface area (Å²) in [5, 5.41) is 31.7. The highest BCUT2D eigenvalue weighted by Crippen LogP contribution is 2.37. The zero-order valence-corrected chi connectivity index (χ0v) is 16.9. The van der Waals surface area contributed by atoms with Crippen molar-refractivity contribution in [3.63, 3.8) is 0 Å². The van der Waals surface area contributed by atoms with Gasteiger partial charge in [-0.2, -0.15) is 0 Å². The summed E-state index contributed by atoms with van der Waals surface area (Å²) in [7, 11) is 1.30. The molecule has 3 rings (SSSR count). The fourth-order valence-corrected chi connectivity index (χ4v) is 3.44. The van der Waals surface area contributed by atoms with Gasteiger partial charge in [-0.05, 0) is 30.5 Å². The molecule has 0 unspecified atom stereocenters. The number of carbonyl (C=O) groups excluding carboxylic acids is 1. The van der Waals surface area contributed by atoms with Crippen LogP contribution in [0.5, 0.6) is 11.5 Å². The van der Waals surface area contributed by atoms with E-state index in [9.17, 15) is 34.9 Å². The summed E-state index contributed by atoms with van der Waals surface area (Å²) < 4.78 is 10.8. The molecule has 1 heterocycles. The Kier molecular flexibility index (Phi) is 6.52. The van der Waals surface area contributed by atoms with E-state index in [1.807, 2.05) is 0 Å². The third-order valence-electron chi connectivity index (χ3n) is 5.05. The number of carboxylic acid groups (broad SMARTS) is 1. The molecule has 32 heavy (non-hydrogen) atoms. The van der Waals surface area contributed by atoms with Crippen LogP contribution in [0.3, 0.4) is 0 Å². The molecule has 12 nitrogen and oxygen atoms in total. The third-order valence-corrected chi connectivity index (χ3v) is 5.05. The van der Waals surface area contributed by atoms with Crippen LogP contribution in [0.25, 0.3) is 0 Å². The maximum atomic E-state index is 12.9. The number of nitro groups is 2. The molecule has 12 heteroatoms. The molecule has 1 aliphatic rings. The molecule has 2 aromatic rings. The van der Waals surface area contributed by atoms with Gasteiger partial charge in [-0.1, -0.05) is 0 Å². The number of amides is 1. The smallest absolute Gasteiger partial charge is 0.326 e. The minimum Gasteiger partial charge on any atom is -0.493 e. The Balaban J connectivity index is 1.89. The molecule has 0 spiro atoms. The van der Waals surface area contributed by atoms with Crippen LogP contribution in [0, 0.1) is 20.2 Å². The van der Waals surface area contributed by atoms with Gasteiger partial charge in [0.1, 0.15) is 18.2 Å². The highest BCUT2D eigenvalue weighted by molar-refractivity contribution is 6.01. The second-order valence-corrected chi connectivity index (χ2v) is 6.98. The summed E-state index contributed by atoms with van der Waals surface area (Å²) in [6, 6.07) is 6.72. The number of carbonyl (C=O) groups is 2. The molecule has 168 valence electrons. The van der Waals surface area contributed by atoms with Crippen molar-refractivity contribution in [1.29, 1.82) is 0 Å². The highest BCUT2D eigenvalue weighted by Gasteiger charge is 2.37. The average molecular weight is 445 g/mol. The third kappa shape index (κ3) is 4.58. The number of ether oxygens (including phenoxy) is 2. The molecule has 1 amide bonds. The van der Waals surface area contributed by atoms with Gasteiger partial charge in [0, 0.05) is 24.7 Å². The number of rotatable bonds is 8. The lowest BCUT2D eigenvalue weighted by atomic mass is 10.1. The Bertz CT molecular complexity index is 1070. The van der Waals surface area contributed by atoms with Crippen molar-refractivity contribution < 1.29 is 34.0 Å². The number of nitro benzene ring substituents is 2. The highest BCUT2D eigenvalue weighted by atomic mass is 16.6. The Hall–Kier alpha value is -4.22. The first-order valence-corrected chi connectivity index (χ1v) is 9.49. The number of methoxy groups -OCH3 is 1. The van der Waals surface area contributed by atoms with Crippen LogP contribution in [-0.2, 0) is 11.4 Å². The van der Waals surface area contributed by atoms with E-state index in [4.69, 9.17) is 9.47 Å². The van der Waals surface area contributed by atoms with Crippen LogP contribution >= 0.6 is 0 Å². The van der Waals surface area contributed by atoms with Crippen molar-refractivity contribution in [3.8, 4) is 11.5 Å². The zero-order valence-electron chi connectivity index (χ0n) is 16.9. The van der Waals surface area contributed by atoms with E-state index in [2.05, 4.69) is 0 Å². The topological polar surface area (TPSA) is 162 Å². The predicted octanol–water partition coefficient (Wildman–Crippen LogP) is 2.78. The molecule has 0 radical (unpaired) electrons. The lowest BCUT2D eigenvalue weighted by molar-refractivity contribution is -0.385. The monoisotopic (exact) mass is 445 g/mol. The summed E-state index contributed by atoms with van der Waals surface area (Å²) in [5.41, 5.74) is -0.374. The van der Waals surface area contributed by atoms with Gasteiger partial charge in [-0.3, -0.25) is 25.0 Å². The van der Waals surface area contributed by atoms with Crippen LogP contribution in [-0.4, -0.2) is 51.4 Å². The lowest BCUT2D eigenvalue weighted by Gasteiger charge is -2.22. The van der Waals surface area contributed by atoms with Crippen molar-refractivity contribution in [2.75, 3.05) is 13.7 Å². The van der Waals surface area contributed by atoms with Crippen LogP contribution < -0.4 is 9.47 Å². The first kappa shape index (κ1) is 22.5. The molecular formula is C20H19N3O9. The van der Waals surface area contributed by atoms with Crippen molar-refractivity contribution in [2.24, 2.45) is 0 Å². The molecule has 1 fully saturated rings. The van der Waals surface area contributed by atoms with Gasteiger partial charge >= 0.3 is 5.97 Å². The van der Waals surface area contributed by atoms with E-state index in [0.717, 1.165) is 17.0 Å². The number of nitrogens with zero attached hydrogens (tertiary/aromatic N) is 3. The van der Waals surface area contributed by atoms with Gasteiger partial charge in [0.25, 0.3) is 17.3 Å². The molecule has 0 aromatic heterocycles. The van der Waals surface area contributed by atoms with Crippen LogP contribution in [0.2, 0.25) is 0 Å². The molecule has 1 aliphatic heterocycles. The lowest BCUT2D eigenvalue weighted by Crippen LogP contribution is -2.40. The summed E-state index contributed by atoms with van der Waals surface area (Å²) in [4.78, 5) is 46.5. The van der Waals surface area contributed by atoms with Crippen LogP contribution in [0.15, 0.2) is 36.4 Å². The van der Waals surface area contributed by atoms with E-state index in [-0.39, 0.29) is 42.3 Å². The van der Waals surface area contributed by atoms with E-state index in [0.29, 0.717) is 12.0 Å². The molecule has 1 atom stereocenters. The van der Waals surface area contributed by atoms with Crippen LogP contribution in [0.1, 0.15) is 28.8 Å². The van der Waals surface area contributed by atoms with Crippen molar-refractivity contribution >= 4 is 23.3 Å². The van der Waals surface area contributed by atoms with E-state index < -0.39 is 33.5 Å². The minimum absolute atomic E-state index is 0.00897. The Morgan fingerprint density at radius 1 is 1.12 bits per heavy atom. The van der Waals surface area contributed by atoms with Gasteiger partial charge in [0.15, 0.2) is 11.5 Å². The number of carboxylic acids is 1. The normalized spacial score (nSPS) is 15.3. The number of benzene rings is 2. The molecule has 0 aliphatic carbocycles. The van der Waals surface area contributed by atoms with Crippen molar-refractivity contribution in [1.82, 2.24) is 4.90 Å². The summed E-state index contributed by atoms with van der Waals surface area (Å²) in [5.74, 6) is -1.91. The second kappa shape index (κ2) is 9.29. The number of aliphatic carboxylic acids is 1. The zero-order chi connectivity index (χ0) is 23.4. The molecular weight excluding hydrogens is 426 g/mol. The number of non-ortho nitro benzene ring substituents is 1. The predicted molar refractivity (Wildman–Crippen MR) is 109 cm³/mol. The van der Waals surface area contributed by atoms with Crippen molar-refractivity contribution in [3.05, 3.63) is 67.8 Å². The van der Waals surface area contributed by atoms with E-state index in [1.165, 1.54) is 31.4 Å². The molecule has 1 N–H and O–H groups in total. The maximum absolute atomic E-state index is 12.9. The van der Waals surface area contributed by atoms with Gasteiger partial charge in [0.05, 0.1) is 23.0 Å². The summed E-state index contributed by atoms with van der Waals surface area (Å²) >= 11 is 0. The standard InChI is InChI=1S/C20H19N3O9/c1-31-17-9-14(19(24)21-8-2-3-15(21)20(25)26)16(23(29)30)10-18(17)32-11-12-4-6-13(7-5-12)22(27)28/h4-7,9-10,15H,2-3,8,11H2,1H3,(H,25,26)/t15-/m0/s1. The fraction of sp³-hybridized carbons (Fsp3) is 0.300. The number of hydrogen-bond acceptors (Lipinski definition) is 8. The SMILES string of the molecule is COc1cc(C(=O)N2CCC[C@H]2C(=O)O)c([N+](=O)[O-])cc1OCc1ccc([N+](=O)[O-])cc1.